The molecule has 3 heteroatoms. The van der Waals surface area contributed by atoms with Gasteiger partial charge in [0.2, 0.25) is 0 Å². The maximum absolute atomic E-state index is 11.7. The van der Waals surface area contributed by atoms with Crippen LogP contribution in [0.3, 0.4) is 0 Å². The Hall–Kier alpha value is -1.90. The van der Waals surface area contributed by atoms with Gasteiger partial charge in [0.25, 0.3) is 0 Å². The van der Waals surface area contributed by atoms with Crippen molar-refractivity contribution in [3.63, 3.8) is 0 Å². The van der Waals surface area contributed by atoms with Gasteiger partial charge in [0, 0.05) is 18.1 Å². The molecule has 1 rings (SSSR count). The highest BCUT2D eigenvalue weighted by atomic mass is 16.5. The van der Waals surface area contributed by atoms with Gasteiger partial charge in [-0.3, -0.25) is 4.79 Å². The molecule has 3 nitrogen and oxygen atoms in total. The predicted molar refractivity (Wildman–Crippen MR) is 76.0 cm³/mol. The molecule has 0 saturated carbocycles. The Morgan fingerprint density at radius 1 is 1.21 bits per heavy atom. The SMILES string of the molecule is CCCCOC(=O)/C=C/c1ccccc1C(=O)CC. The summed E-state index contributed by atoms with van der Waals surface area (Å²) < 4.78 is 5.02. The number of benzene rings is 1. The van der Waals surface area contributed by atoms with E-state index in [0.717, 1.165) is 18.4 Å². The van der Waals surface area contributed by atoms with Crippen LogP contribution in [0, 0.1) is 0 Å². The van der Waals surface area contributed by atoms with Gasteiger partial charge < -0.3 is 4.74 Å². The largest absolute Gasteiger partial charge is 0.463 e. The maximum Gasteiger partial charge on any atom is 0.330 e. The highest BCUT2D eigenvalue weighted by molar-refractivity contribution is 6.00. The molecule has 0 aliphatic heterocycles. The van der Waals surface area contributed by atoms with Gasteiger partial charge in [0.05, 0.1) is 6.61 Å². The van der Waals surface area contributed by atoms with Gasteiger partial charge in [0.15, 0.2) is 5.78 Å². The summed E-state index contributed by atoms with van der Waals surface area (Å²) in [7, 11) is 0. The normalized spacial score (nSPS) is 10.6. The topological polar surface area (TPSA) is 43.4 Å². The molecular weight excluding hydrogens is 240 g/mol. The first-order valence-corrected chi connectivity index (χ1v) is 6.66. The van der Waals surface area contributed by atoms with E-state index in [0.29, 0.717) is 18.6 Å². The van der Waals surface area contributed by atoms with Gasteiger partial charge in [0.1, 0.15) is 0 Å². The van der Waals surface area contributed by atoms with E-state index in [4.69, 9.17) is 4.74 Å². The molecule has 0 aliphatic rings. The Morgan fingerprint density at radius 3 is 2.63 bits per heavy atom. The van der Waals surface area contributed by atoms with Crippen LogP contribution in [0.1, 0.15) is 49.0 Å². The van der Waals surface area contributed by atoms with E-state index in [2.05, 4.69) is 0 Å². The summed E-state index contributed by atoms with van der Waals surface area (Å²) in [5.41, 5.74) is 1.39. The van der Waals surface area contributed by atoms with Crippen molar-refractivity contribution in [1.29, 1.82) is 0 Å². The van der Waals surface area contributed by atoms with E-state index in [-0.39, 0.29) is 11.8 Å². The molecule has 19 heavy (non-hydrogen) atoms. The summed E-state index contributed by atoms with van der Waals surface area (Å²) >= 11 is 0. The zero-order valence-corrected chi connectivity index (χ0v) is 11.5. The first-order valence-electron chi connectivity index (χ1n) is 6.66. The molecular formula is C16H20O3. The lowest BCUT2D eigenvalue weighted by Gasteiger charge is -2.03. The molecule has 0 unspecified atom stereocenters. The molecule has 0 spiro atoms. The number of ether oxygens (including phenoxy) is 1. The zero-order valence-electron chi connectivity index (χ0n) is 11.5. The van der Waals surface area contributed by atoms with Crippen LogP contribution in [0.4, 0.5) is 0 Å². The van der Waals surface area contributed by atoms with Crippen molar-refractivity contribution in [3.05, 3.63) is 41.5 Å². The Morgan fingerprint density at radius 2 is 1.95 bits per heavy atom. The Labute approximate surface area is 114 Å². The van der Waals surface area contributed by atoms with Gasteiger partial charge in [-0.2, -0.15) is 0 Å². The average molecular weight is 260 g/mol. The van der Waals surface area contributed by atoms with E-state index in [1.54, 1.807) is 12.1 Å². The lowest BCUT2D eigenvalue weighted by atomic mass is 10.0. The van der Waals surface area contributed by atoms with Gasteiger partial charge in [-0.25, -0.2) is 4.79 Å². The second-order valence-electron chi connectivity index (χ2n) is 4.22. The highest BCUT2D eigenvalue weighted by Gasteiger charge is 2.06. The van der Waals surface area contributed by atoms with Crippen molar-refractivity contribution in [2.45, 2.75) is 33.1 Å². The van der Waals surface area contributed by atoms with Crippen LogP contribution in [0.25, 0.3) is 6.08 Å². The summed E-state index contributed by atoms with van der Waals surface area (Å²) in [6, 6.07) is 7.25. The lowest BCUT2D eigenvalue weighted by molar-refractivity contribution is -0.137. The molecule has 1 aromatic rings. The van der Waals surface area contributed by atoms with Crippen molar-refractivity contribution in [1.82, 2.24) is 0 Å². The van der Waals surface area contributed by atoms with Crippen LogP contribution in [-0.4, -0.2) is 18.4 Å². The van der Waals surface area contributed by atoms with E-state index in [1.807, 2.05) is 32.0 Å². The van der Waals surface area contributed by atoms with Gasteiger partial charge in [-0.15, -0.1) is 0 Å². The predicted octanol–water partition coefficient (Wildman–Crippen LogP) is 3.64. The maximum atomic E-state index is 11.7. The number of hydrogen-bond acceptors (Lipinski definition) is 3. The highest BCUT2D eigenvalue weighted by Crippen LogP contribution is 2.13. The third kappa shape index (κ3) is 5.08. The molecule has 0 aromatic heterocycles. The van der Waals surface area contributed by atoms with Crippen LogP contribution < -0.4 is 0 Å². The van der Waals surface area contributed by atoms with Gasteiger partial charge in [-0.05, 0) is 18.1 Å². The Bertz CT molecular complexity index is 461. The molecule has 0 aliphatic carbocycles. The zero-order chi connectivity index (χ0) is 14.1. The number of unbranched alkanes of at least 4 members (excludes halogenated alkanes) is 1. The molecule has 0 amide bonds. The molecule has 0 bridgehead atoms. The molecule has 0 saturated heterocycles. The van der Waals surface area contributed by atoms with Crippen LogP contribution >= 0.6 is 0 Å². The van der Waals surface area contributed by atoms with Crippen molar-refractivity contribution in [2.75, 3.05) is 6.61 Å². The van der Waals surface area contributed by atoms with Crippen molar-refractivity contribution in [2.24, 2.45) is 0 Å². The fourth-order valence-corrected chi connectivity index (χ4v) is 1.61. The number of hydrogen-bond donors (Lipinski definition) is 0. The number of ketones is 1. The molecule has 0 heterocycles. The smallest absolute Gasteiger partial charge is 0.330 e. The number of esters is 1. The van der Waals surface area contributed by atoms with Crippen LogP contribution in [0.2, 0.25) is 0 Å². The van der Waals surface area contributed by atoms with Crippen LogP contribution in [0.15, 0.2) is 30.3 Å². The van der Waals surface area contributed by atoms with Crippen LogP contribution in [0.5, 0.6) is 0 Å². The first kappa shape index (κ1) is 15.2. The van der Waals surface area contributed by atoms with Crippen molar-refractivity contribution < 1.29 is 14.3 Å². The Kier molecular flexibility index (Phi) is 6.58. The number of carbonyl (C=O) groups excluding carboxylic acids is 2. The summed E-state index contributed by atoms with van der Waals surface area (Å²) in [5.74, 6) is -0.299. The van der Waals surface area contributed by atoms with E-state index < -0.39 is 0 Å². The Balaban J connectivity index is 2.71. The second-order valence-corrected chi connectivity index (χ2v) is 4.22. The minimum Gasteiger partial charge on any atom is -0.463 e. The number of carbonyl (C=O) groups is 2. The van der Waals surface area contributed by atoms with Crippen LogP contribution in [-0.2, 0) is 9.53 Å². The monoisotopic (exact) mass is 260 g/mol. The second kappa shape index (κ2) is 8.25. The summed E-state index contributed by atoms with van der Waals surface area (Å²) in [4.78, 5) is 23.2. The first-order chi connectivity index (χ1) is 9.19. The standard InChI is InChI=1S/C16H20O3/c1-3-5-12-19-16(18)11-10-13-8-6-7-9-14(13)15(17)4-2/h6-11H,3-5,12H2,1-2H3/b11-10+. The molecule has 0 radical (unpaired) electrons. The van der Waals surface area contributed by atoms with Crippen molar-refractivity contribution in [3.8, 4) is 0 Å². The van der Waals surface area contributed by atoms with E-state index >= 15 is 0 Å². The van der Waals surface area contributed by atoms with E-state index in [1.165, 1.54) is 6.08 Å². The van der Waals surface area contributed by atoms with Gasteiger partial charge >= 0.3 is 5.97 Å². The number of Topliss-reactive ketones (excluding diaryl/α,β-unsaturated/α-hetero) is 1. The summed E-state index contributed by atoms with van der Waals surface area (Å²) in [5, 5.41) is 0. The third-order valence-electron chi connectivity index (χ3n) is 2.72. The minimum atomic E-state index is -0.368. The molecule has 0 fully saturated rings. The quantitative estimate of drug-likeness (QED) is 0.325. The fourth-order valence-electron chi connectivity index (χ4n) is 1.61. The van der Waals surface area contributed by atoms with Gasteiger partial charge in [-0.1, -0.05) is 44.5 Å². The molecule has 0 atom stereocenters. The van der Waals surface area contributed by atoms with Crippen molar-refractivity contribution >= 4 is 17.8 Å². The lowest BCUT2D eigenvalue weighted by Crippen LogP contribution is -2.02. The molecule has 102 valence electrons. The third-order valence-corrected chi connectivity index (χ3v) is 2.72. The van der Waals surface area contributed by atoms with E-state index in [9.17, 15) is 9.59 Å². The fraction of sp³-hybridized carbons (Fsp3) is 0.375. The minimum absolute atomic E-state index is 0.0691. The summed E-state index contributed by atoms with van der Waals surface area (Å²) in [6.45, 7) is 4.30. The molecule has 0 N–H and O–H groups in total. The summed E-state index contributed by atoms with van der Waals surface area (Å²) in [6.07, 6.45) is 5.32. The molecule has 1 aromatic carbocycles. The average Bonchev–Trinajstić information content (AvgIpc) is 2.45. The number of rotatable bonds is 7.